The summed E-state index contributed by atoms with van der Waals surface area (Å²) in [7, 11) is 0. The number of hydrogen-bond acceptors (Lipinski definition) is 1. The Balaban J connectivity index is 2.93. The normalized spacial score (nSPS) is 13.5. The Morgan fingerprint density at radius 3 is 2.67 bits per heavy atom. The number of carbonyl (C=O) groups is 1. The van der Waals surface area contributed by atoms with Crippen LogP contribution in [0.25, 0.3) is 0 Å². The average molecular weight is 200 g/mol. The highest BCUT2D eigenvalue weighted by Gasteiger charge is 2.12. The summed E-state index contributed by atoms with van der Waals surface area (Å²) in [6.07, 6.45) is 0.881. The molecule has 0 heterocycles. The molecule has 0 N–H and O–H groups in total. The molecule has 0 spiro atoms. The van der Waals surface area contributed by atoms with Gasteiger partial charge in [-0.2, -0.15) is 0 Å². The van der Waals surface area contributed by atoms with Gasteiger partial charge in [0.15, 0.2) is 0 Å². The molecule has 0 fully saturated rings. The Hall–Kier alpha value is -1.55. The fraction of sp³-hybridized carbons (Fsp3) is 0.357. The van der Waals surface area contributed by atoms with Gasteiger partial charge in [0.2, 0.25) is 0 Å². The lowest BCUT2D eigenvalue weighted by molar-refractivity contribution is 0.112. The lowest BCUT2D eigenvalue weighted by Gasteiger charge is -2.15. The van der Waals surface area contributed by atoms with Gasteiger partial charge in [-0.25, -0.2) is 0 Å². The summed E-state index contributed by atoms with van der Waals surface area (Å²) in [5, 5.41) is 0. The highest BCUT2D eigenvalue weighted by Crippen LogP contribution is 2.23. The van der Waals surface area contributed by atoms with Crippen LogP contribution in [0.1, 0.15) is 42.6 Å². The number of benzene rings is 1. The summed E-state index contributed by atoms with van der Waals surface area (Å²) in [6, 6.07) is 7.72. The van der Waals surface area contributed by atoms with Crippen molar-refractivity contribution in [2.75, 3.05) is 0 Å². The monoisotopic (exact) mass is 200 g/mol. The molecule has 1 rings (SSSR count). The summed E-state index contributed by atoms with van der Waals surface area (Å²) >= 11 is 0. The highest BCUT2D eigenvalue weighted by atomic mass is 16.1. The second kappa shape index (κ2) is 5.36. The summed E-state index contributed by atoms with van der Waals surface area (Å²) in [4.78, 5) is 10.6. The van der Waals surface area contributed by atoms with Gasteiger partial charge in [0.25, 0.3) is 0 Å². The molecule has 2 atom stereocenters. The minimum absolute atomic E-state index is 0.317. The van der Waals surface area contributed by atoms with Crippen LogP contribution in [0.4, 0.5) is 0 Å². The molecule has 0 aliphatic carbocycles. The molecule has 2 unspecified atom stereocenters. The third kappa shape index (κ3) is 2.95. The van der Waals surface area contributed by atoms with Crippen LogP contribution >= 0.6 is 0 Å². The van der Waals surface area contributed by atoms with Gasteiger partial charge in [0.05, 0.1) is 0 Å². The predicted molar refractivity (Wildman–Crippen MR) is 62.9 cm³/mol. The van der Waals surface area contributed by atoms with Gasteiger partial charge in [-0.1, -0.05) is 38.0 Å². The minimum atomic E-state index is 0.317. The lowest BCUT2D eigenvalue weighted by atomic mass is 9.88. The first-order valence-electron chi connectivity index (χ1n) is 5.16. The van der Waals surface area contributed by atoms with E-state index < -0.39 is 0 Å². The Morgan fingerprint density at radius 1 is 1.33 bits per heavy atom. The molecule has 1 nitrogen and oxygen atoms in total. The summed E-state index contributed by atoms with van der Waals surface area (Å²) < 4.78 is 0. The van der Waals surface area contributed by atoms with Crippen LogP contribution in [0.2, 0.25) is 0 Å². The van der Waals surface area contributed by atoms with Crippen molar-refractivity contribution in [3.8, 4) is 11.8 Å². The van der Waals surface area contributed by atoms with E-state index in [0.29, 0.717) is 11.8 Å². The third-order valence-electron chi connectivity index (χ3n) is 2.69. The van der Waals surface area contributed by atoms with E-state index in [9.17, 15) is 4.79 Å². The molecule has 0 saturated heterocycles. The number of rotatable bonds is 3. The molecule has 0 bridgehead atoms. The zero-order chi connectivity index (χ0) is 11.3. The van der Waals surface area contributed by atoms with E-state index in [4.69, 9.17) is 0 Å². The van der Waals surface area contributed by atoms with Crippen LogP contribution < -0.4 is 0 Å². The molecule has 15 heavy (non-hydrogen) atoms. The molecule has 0 amide bonds. The molecule has 0 aromatic heterocycles. The van der Waals surface area contributed by atoms with Crippen molar-refractivity contribution < 1.29 is 4.79 Å². The van der Waals surface area contributed by atoms with E-state index in [1.165, 1.54) is 5.56 Å². The van der Waals surface area contributed by atoms with Crippen LogP contribution in [0.3, 0.4) is 0 Å². The first kappa shape index (κ1) is 11.5. The Kier molecular flexibility index (Phi) is 4.12. The number of aldehydes is 1. The highest BCUT2D eigenvalue weighted by molar-refractivity contribution is 5.75. The predicted octanol–water partition coefficient (Wildman–Crippen LogP) is 3.26. The molecule has 1 aromatic carbocycles. The standard InChI is InChI=1S/C14H16O/c1-4-6-11(2)12(3)14-8-5-7-13(9-14)10-15/h5,7-12H,1-3H3. The average Bonchev–Trinajstić information content (AvgIpc) is 2.28. The SMILES string of the molecule is CC#CC(C)C(C)c1cccc(C=O)c1. The molecule has 0 aliphatic heterocycles. The summed E-state index contributed by atoms with van der Waals surface area (Å²) in [6.45, 7) is 6.10. The minimum Gasteiger partial charge on any atom is -0.298 e. The Morgan fingerprint density at radius 2 is 2.07 bits per heavy atom. The molecule has 1 aromatic rings. The van der Waals surface area contributed by atoms with Crippen LogP contribution in [-0.2, 0) is 0 Å². The van der Waals surface area contributed by atoms with Gasteiger partial charge in [-0.15, -0.1) is 5.92 Å². The van der Waals surface area contributed by atoms with Gasteiger partial charge in [0, 0.05) is 11.5 Å². The second-order valence-electron chi connectivity index (χ2n) is 3.76. The fourth-order valence-electron chi connectivity index (χ4n) is 1.56. The van der Waals surface area contributed by atoms with Crippen molar-refractivity contribution in [2.24, 2.45) is 5.92 Å². The zero-order valence-electron chi connectivity index (χ0n) is 9.45. The number of carbonyl (C=O) groups excluding carboxylic acids is 1. The molecule has 0 radical (unpaired) electrons. The van der Waals surface area contributed by atoms with Crippen LogP contribution in [-0.4, -0.2) is 6.29 Å². The summed E-state index contributed by atoms with van der Waals surface area (Å²) in [5.41, 5.74) is 1.91. The van der Waals surface area contributed by atoms with E-state index in [2.05, 4.69) is 25.7 Å². The largest absolute Gasteiger partial charge is 0.298 e. The number of hydrogen-bond donors (Lipinski definition) is 0. The van der Waals surface area contributed by atoms with Gasteiger partial charge < -0.3 is 0 Å². The van der Waals surface area contributed by atoms with Crippen molar-refractivity contribution in [1.29, 1.82) is 0 Å². The molecular formula is C14H16O. The van der Waals surface area contributed by atoms with Crippen molar-refractivity contribution in [3.05, 3.63) is 35.4 Å². The van der Waals surface area contributed by atoms with Gasteiger partial charge in [0.1, 0.15) is 6.29 Å². The van der Waals surface area contributed by atoms with Crippen molar-refractivity contribution in [1.82, 2.24) is 0 Å². The Bertz CT molecular complexity index is 395. The van der Waals surface area contributed by atoms with Gasteiger partial charge in [-0.05, 0) is 24.5 Å². The molecule has 0 saturated carbocycles. The lowest BCUT2D eigenvalue weighted by Crippen LogP contribution is -2.04. The van der Waals surface area contributed by atoms with Crippen molar-refractivity contribution in [2.45, 2.75) is 26.7 Å². The Labute approximate surface area is 91.5 Å². The third-order valence-corrected chi connectivity index (χ3v) is 2.69. The molecule has 0 aliphatic rings. The first-order valence-corrected chi connectivity index (χ1v) is 5.16. The smallest absolute Gasteiger partial charge is 0.150 e. The van der Waals surface area contributed by atoms with Crippen LogP contribution in [0.5, 0.6) is 0 Å². The maximum atomic E-state index is 10.6. The fourth-order valence-corrected chi connectivity index (χ4v) is 1.56. The van der Waals surface area contributed by atoms with Gasteiger partial charge >= 0.3 is 0 Å². The second-order valence-corrected chi connectivity index (χ2v) is 3.76. The van der Waals surface area contributed by atoms with Gasteiger partial charge in [-0.3, -0.25) is 4.79 Å². The topological polar surface area (TPSA) is 17.1 Å². The molecule has 1 heteroatoms. The maximum Gasteiger partial charge on any atom is 0.150 e. The molecular weight excluding hydrogens is 184 g/mol. The van der Waals surface area contributed by atoms with E-state index in [1.807, 2.05) is 31.2 Å². The zero-order valence-corrected chi connectivity index (χ0v) is 9.45. The first-order chi connectivity index (χ1) is 7.19. The van der Waals surface area contributed by atoms with Crippen LogP contribution in [0, 0.1) is 17.8 Å². The van der Waals surface area contributed by atoms with E-state index in [1.54, 1.807) is 0 Å². The van der Waals surface area contributed by atoms with Crippen LogP contribution in [0.15, 0.2) is 24.3 Å². The maximum absolute atomic E-state index is 10.6. The quantitative estimate of drug-likeness (QED) is 0.540. The molecule has 78 valence electrons. The van der Waals surface area contributed by atoms with E-state index in [0.717, 1.165) is 11.8 Å². The van der Waals surface area contributed by atoms with Crippen molar-refractivity contribution >= 4 is 6.29 Å². The van der Waals surface area contributed by atoms with Crippen molar-refractivity contribution in [3.63, 3.8) is 0 Å². The van der Waals surface area contributed by atoms with E-state index in [-0.39, 0.29) is 0 Å². The van der Waals surface area contributed by atoms with E-state index >= 15 is 0 Å². The summed E-state index contributed by atoms with van der Waals surface area (Å²) in [5.74, 6) is 6.75.